The molecule has 0 unspecified atom stereocenters. The van der Waals surface area contributed by atoms with Crippen molar-refractivity contribution in [2.45, 2.75) is 46.1 Å². The van der Waals surface area contributed by atoms with E-state index in [1.54, 1.807) is 6.08 Å². The van der Waals surface area contributed by atoms with Gasteiger partial charge < -0.3 is 10.1 Å². The van der Waals surface area contributed by atoms with Crippen molar-refractivity contribution in [3.05, 3.63) is 41.5 Å². The molecule has 3 atom stereocenters. The molecule has 4 heteroatoms. The zero-order valence-electron chi connectivity index (χ0n) is 14.7. The first-order valence-corrected chi connectivity index (χ1v) is 8.66. The van der Waals surface area contributed by atoms with E-state index in [1.807, 2.05) is 31.2 Å². The van der Waals surface area contributed by atoms with Gasteiger partial charge in [-0.05, 0) is 36.8 Å². The second-order valence-corrected chi connectivity index (χ2v) is 6.79. The van der Waals surface area contributed by atoms with Crippen LogP contribution in [0, 0.1) is 18.8 Å². The number of nitrogens with one attached hydrogen (secondary N) is 1. The van der Waals surface area contributed by atoms with Crippen LogP contribution in [0.2, 0.25) is 0 Å². The van der Waals surface area contributed by atoms with E-state index in [4.69, 9.17) is 4.74 Å². The van der Waals surface area contributed by atoms with Crippen LogP contribution in [-0.4, -0.2) is 24.5 Å². The average Bonchev–Trinajstić information content (AvgIpc) is 2.56. The van der Waals surface area contributed by atoms with Gasteiger partial charge in [-0.2, -0.15) is 0 Å². The average molecular weight is 329 g/mol. The first-order valence-electron chi connectivity index (χ1n) is 8.66. The molecule has 1 aliphatic rings. The Morgan fingerprint density at radius 3 is 2.62 bits per heavy atom. The molecule has 1 N–H and O–H groups in total. The molecule has 1 saturated carbocycles. The summed E-state index contributed by atoms with van der Waals surface area (Å²) in [6.07, 6.45) is 6.38. The highest BCUT2D eigenvalue weighted by molar-refractivity contribution is 5.89. The van der Waals surface area contributed by atoms with Gasteiger partial charge in [-0.25, -0.2) is 4.79 Å². The molecular formula is C20H27NO3. The summed E-state index contributed by atoms with van der Waals surface area (Å²) in [6, 6.07) is 7.99. The van der Waals surface area contributed by atoms with Gasteiger partial charge in [0.05, 0.1) is 0 Å². The molecule has 2 rings (SSSR count). The number of amides is 1. The highest BCUT2D eigenvalue weighted by Crippen LogP contribution is 2.29. The van der Waals surface area contributed by atoms with Crippen LogP contribution in [0.25, 0.3) is 6.08 Å². The van der Waals surface area contributed by atoms with E-state index < -0.39 is 5.97 Å². The van der Waals surface area contributed by atoms with E-state index >= 15 is 0 Å². The van der Waals surface area contributed by atoms with Crippen LogP contribution in [0.5, 0.6) is 0 Å². The third kappa shape index (κ3) is 5.52. The number of benzene rings is 1. The van der Waals surface area contributed by atoms with Crippen molar-refractivity contribution in [1.29, 1.82) is 0 Å². The molecule has 24 heavy (non-hydrogen) atoms. The van der Waals surface area contributed by atoms with Crippen LogP contribution >= 0.6 is 0 Å². The van der Waals surface area contributed by atoms with Crippen LogP contribution in [0.3, 0.4) is 0 Å². The summed E-state index contributed by atoms with van der Waals surface area (Å²) in [5.74, 6) is 0.345. The molecule has 1 fully saturated rings. The van der Waals surface area contributed by atoms with Gasteiger partial charge in [0.1, 0.15) is 0 Å². The van der Waals surface area contributed by atoms with Gasteiger partial charge in [0.25, 0.3) is 5.91 Å². The molecule has 1 amide bonds. The van der Waals surface area contributed by atoms with E-state index in [0.29, 0.717) is 11.8 Å². The Kier molecular flexibility index (Phi) is 6.59. The largest absolute Gasteiger partial charge is 0.452 e. The molecule has 1 aliphatic carbocycles. The molecule has 0 aromatic heterocycles. The van der Waals surface area contributed by atoms with Crippen molar-refractivity contribution in [1.82, 2.24) is 5.32 Å². The summed E-state index contributed by atoms with van der Waals surface area (Å²) in [6.45, 7) is 6.17. The normalized spacial score (nSPS) is 23.9. The van der Waals surface area contributed by atoms with Gasteiger partial charge in [-0.15, -0.1) is 0 Å². The zero-order valence-corrected chi connectivity index (χ0v) is 14.7. The monoisotopic (exact) mass is 329 g/mol. The second kappa shape index (κ2) is 8.67. The molecule has 1 aromatic carbocycles. The van der Waals surface area contributed by atoms with Gasteiger partial charge >= 0.3 is 5.97 Å². The van der Waals surface area contributed by atoms with Gasteiger partial charge in [0.15, 0.2) is 6.61 Å². The van der Waals surface area contributed by atoms with Gasteiger partial charge in [-0.3, -0.25) is 4.79 Å². The Balaban J connectivity index is 1.74. The first kappa shape index (κ1) is 18.2. The van der Waals surface area contributed by atoms with E-state index in [1.165, 1.54) is 12.5 Å². The zero-order chi connectivity index (χ0) is 17.5. The third-order valence-corrected chi connectivity index (χ3v) is 4.89. The maximum Gasteiger partial charge on any atom is 0.331 e. The number of hydrogen-bond donors (Lipinski definition) is 1. The van der Waals surface area contributed by atoms with Gasteiger partial charge in [-0.1, -0.05) is 56.5 Å². The molecule has 0 bridgehead atoms. The molecular weight excluding hydrogens is 302 g/mol. The molecule has 0 radical (unpaired) electrons. The fourth-order valence-corrected chi connectivity index (χ4v) is 3.06. The molecule has 130 valence electrons. The minimum Gasteiger partial charge on any atom is -0.452 e. The minimum atomic E-state index is -0.504. The van der Waals surface area contributed by atoms with Gasteiger partial charge in [0.2, 0.25) is 0 Å². The van der Waals surface area contributed by atoms with E-state index in [-0.39, 0.29) is 18.6 Å². The fourth-order valence-electron chi connectivity index (χ4n) is 3.06. The molecule has 0 spiro atoms. The number of aryl methyl sites for hydroxylation is 1. The topological polar surface area (TPSA) is 55.4 Å². The Labute approximate surface area is 144 Å². The van der Waals surface area contributed by atoms with Crippen LogP contribution in [-0.2, 0) is 14.3 Å². The molecule has 4 nitrogen and oxygen atoms in total. The lowest BCUT2D eigenvalue weighted by molar-refractivity contribution is -0.144. The Hall–Kier alpha value is -2.10. The lowest BCUT2D eigenvalue weighted by atomic mass is 9.78. The summed E-state index contributed by atoms with van der Waals surface area (Å²) in [4.78, 5) is 23.7. The summed E-state index contributed by atoms with van der Waals surface area (Å²) in [5, 5.41) is 2.99. The van der Waals surface area contributed by atoms with Crippen molar-refractivity contribution in [2.75, 3.05) is 6.61 Å². The maximum atomic E-state index is 12.0. The Morgan fingerprint density at radius 2 is 1.92 bits per heavy atom. The smallest absolute Gasteiger partial charge is 0.331 e. The molecule has 1 aromatic rings. The predicted molar refractivity (Wildman–Crippen MR) is 95.3 cm³/mol. The van der Waals surface area contributed by atoms with Crippen molar-refractivity contribution in [2.24, 2.45) is 11.8 Å². The number of carbonyl (C=O) groups is 2. The number of esters is 1. The summed E-state index contributed by atoms with van der Waals surface area (Å²) in [7, 11) is 0. The first-order chi connectivity index (χ1) is 11.5. The summed E-state index contributed by atoms with van der Waals surface area (Å²) in [5.41, 5.74) is 2.09. The van der Waals surface area contributed by atoms with Crippen LogP contribution < -0.4 is 5.32 Å². The number of carbonyl (C=O) groups excluding carboxylic acids is 2. The lowest BCUT2D eigenvalue weighted by Crippen LogP contribution is -2.45. The summed E-state index contributed by atoms with van der Waals surface area (Å²) < 4.78 is 5.02. The SMILES string of the molecule is Cc1ccc(/C=C/C(=O)OCC(=O)N[C@@H]2CCC[C@@H](C)[C@@H]2C)cc1. The third-order valence-electron chi connectivity index (χ3n) is 4.89. The van der Waals surface area contributed by atoms with Crippen LogP contribution in [0.1, 0.15) is 44.2 Å². The minimum absolute atomic E-state index is 0.183. The van der Waals surface area contributed by atoms with Crippen molar-refractivity contribution in [3.8, 4) is 0 Å². The quantitative estimate of drug-likeness (QED) is 0.664. The highest BCUT2D eigenvalue weighted by Gasteiger charge is 2.28. The predicted octanol–water partition coefficient (Wildman–Crippen LogP) is 3.49. The molecule has 0 aliphatic heterocycles. The number of ether oxygens (including phenoxy) is 1. The number of rotatable bonds is 5. The maximum absolute atomic E-state index is 12.0. The Bertz CT molecular complexity index is 591. The number of hydrogen-bond acceptors (Lipinski definition) is 3. The van der Waals surface area contributed by atoms with E-state index in [0.717, 1.165) is 24.0 Å². The fraction of sp³-hybridized carbons (Fsp3) is 0.500. The van der Waals surface area contributed by atoms with E-state index in [9.17, 15) is 9.59 Å². The van der Waals surface area contributed by atoms with Crippen molar-refractivity contribution >= 4 is 18.0 Å². The van der Waals surface area contributed by atoms with Crippen molar-refractivity contribution in [3.63, 3.8) is 0 Å². The molecule has 0 saturated heterocycles. The summed E-state index contributed by atoms with van der Waals surface area (Å²) >= 11 is 0. The lowest BCUT2D eigenvalue weighted by Gasteiger charge is -2.34. The van der Waals surface area contributed by atoms with Crippen LogP contribution in [0.4, 0.5) is 0 Å². The second-order valence-electron chi connectivity index (χ2n) is 6.79. The Morgan fingerprint density at radius 1 is 1.21 bits per heavy atom. The van der Waals surface area contributed by atoms with Crippen LogP contribution in [0.15, 0.2) is 30.3 Å². The highest BCUT2D eigenvalue weighted by atomic mass is 16.5. The van der Waals surface area contributed by atoms with Crippen molar-refractivity contribution < 1.29 is 14.3 Å². The van der Waals surface area contributed by atoms with Gasteiger partial charge in [0, 0.05) is 12.1 Å². The molecule has 0 heterocycles. The van der Waals surface area contributed by atoms with E-state index in [2.05, 4.69) is 19.2 Å². The standard InChI is InChI=1S/C20H27NO3/c1-14-7-9-17(10-8-14)11-12-20(23)24-13-19(22)21-18-6-4-5-15(2)16(18)3/h7-12,15-16,18H,4-6,13H2,1-3H3,(H,21,22)/b12-11+/t15-,16+,18-/m1/s1.